The highest BCUT2D eigenvalue weighted by molar-refractivity contribution is 5.86. The molecular weight excluding hydrogens is 328 g/mol. The fourth-order valence-corrected chi connectivity index (χ4v) is 3.35. The molecule has 1 atom stereocenters. The monoisotopic (exact) mass is 354 g/mol. The van der Waals surface area contributed by atoms with Crippen LogP contribution in [0.2, 0.25) is 0 Å². The molecule has 1 fully saturated rings. The number of carbonyl (C=O) groups is 1. The van der Waals surface area contributed by atoms with Crippen molar-refractivity contribution in [3.63, 3.8) is 0 Å². The van der Waals surface area contributed by atoms with Gasteiger partial charge in [0.1, 0.15) is 11.9 Å². The lowest BCUT2D eigenvalue weighted by Gasteiger charge is -2.25. The minimum absolute atomic E-state index is 0.316. The maximum atomic E-state index is 12.4. The number of hydrogen-bond acceptors (Lipinski definition) is 4. The van der Waals surface area contributed by atoms with Gasteiger partial charge in [-0.3, -0.25) is 5.32 Å². The van der Waals surface area contributed by atoms with Crippen molar-refractivity contribution < 1.29 is 14.3 Å². The third-order valence-electron chi connectivity index (χ3n) is 4.83. The Balaban J connectivity index is 1.73. The average Bonchev–Trinajstić information content (AvgIpc) is 2.69. The van der Waals surface area contributed by atoms with Crippen LogP contribution in [0, 0.1) is 0 Å². The van der Waals surface area contributed by atoms with Crippen LogP contribution in [0.1, 0.15) is 42.9 Å². The molecule has 138 valence electrons. The summed E-state index contributed by atoms with van der Waals surface area (Å²) in [5.74, 6) is 1.14. The molecule has 1 aliphatic heterocycles. The van der Waals surface area contributed by atoms with E-state index in [0.717, 1.165) is 42.7 Å². The number of methoxy groups -OCH3 is 1. The largest absolute Gasteiger partial charge is 0.497 e. The second-order valence-electron chi connectivity index (χ2n) is 6.56. The summed E-state index contributed by atoms with van der Waals surface area (Å²) in [7, 11) is 1.62. The first-order valence-electron chi connectivity index (χ1n) is 9.08. The molecule has 3 rings (SSSR count). The minimum Gasteiger partial charge on any atom is -0.497 e. The predicted molar refractivity (Wildman–Crippen MR) is 103 cm³/mol. The summed E-state index contributed by atoms with van der Waals surface area (Å²) in [6.07, 6.45) is 1.33. The number of piperidine rings is 1. The van der Waals surface area contributed by atoms with Crippen LogP contribution in [0.15, 0.2) is 48.5 Å². The van der Waals surface area contributed by atoms with Gasteiger partial charge in [-0.05, 0) is 56.0 Å². The van der Waals surface area contributed by atoms with Gasteiger partial charge in [-0.15, -0.1) is 0 Å². The summed E-state index contributed by atoms with van der Waals surface area (Å²) in [5.41, 5.74) is 2.87. The molecule has 1 aliphatic rings. The highest BCUT2D eigenvalue weighted by Gasteiger charge is 2.21. The topological polar surface area (TPSA) is 59.6 Å². The van der Waals surface area contributed by atoms with Crippen LogP contribution in [0.4, 0.5) is 10.5 Å². The van der Waals surface area contributed by atoms with Crippen molar-refractivity contribution in [2.24, 2.45) is 0 Å². The molecule has 2 aromatic carbocycles. The number of rotatable bonds is 5. The zero-order chi connectivity index (χ0) is 18.4. The fraction of sp³-hybridized carbons (Fsp3) is 0.381. The van der Waals surface area contributed by atoms with E-state index < -0.39 is 6.09 Å². The summed E-state index contributed by atoms with van der Waals surface area (Å²) in [6, 6.07) is 15.6. The summed E-state index contributed by atoms with van der Waals surface area (Å²) >= 11 is 0. The standard InChI is InChI=1S/C21H26N2O3/c1-15(16-6-4-3-5-7-16)26-21(24)23-20-14-18(25-2)8-9-19(20)17-10-12-22-13-11-17/h3-9,14-15,17,22H,10-13H2,1-2H3,(H,23,24)/t15-/m1/s1. The Morgan fingerprint density at radius 3 is 2.58 bits per heavy atom. The van der Waals surface area contributed by atoms with Gasteiger partial charge in [0.15, 0.2) is 0 Å². The van der Waals surface area contributed by atoms with E-state index in [1.807, 2.05) is 55.5 Å². The highest BCUT2D eigenvalue weighted by atomic mass is 16.6. The molecule has 2 N–H and O–H groups in total. The number of amides is 1. The second-order valence-corrected chi connectivity index (χ2v) is 6.56. The van der Waals surface area contributed by atoms with Gasteiger partial charge in [0.05, 0.1) is 12.8 Å². The van der Waals surface area contributed by atoms with Gasteiger partial charge in [0, 0.05) is 6.07 Å². The molecule has 1 saturated heterocycles. The summed E-state index contributed by atoms with van der Waals surface area (Å²) in [4.78, 5) is 12.4. The Labute approximate surface area is 154 Å². The number of hydrogen-bond donors (Lipinski definition) is 2. The molecule has 0 unspecified atom stereocenters. The lowest BCUT2D eigenvalue weighted by Crippen LogP contribution is -2.27. The zero-order valence-corrected chi connectivity index (χ0v) is 15.3. The van der Waals surface area contributed by atoms with Gasteiger partial charge in [-0.25, -0.2) is 4.79 Å². The van der Waals surface area contributed by atoms with Crippen LogP contribution >= 0.6 is 0 Å². The molecule has 0 aliphatic carbocycles. The van der Waals surface area contributed by atoms with Crippen LogP contribution in [0.3, 0.4) is 0 Å². The van der Waals surface area contributed by atoms with E-state index in [1.54, 1.807) is 7.11 Å². The number of anilines is 1. The van der Waals surface area contributed by atoms with Crippen LogP contribution in [0.25, 0.3) is 0 Å². The van der Waals surface area contributed by atoms with Crippen LogP contribution < -0.4 is 15.4 Å². The smallest absolute Gasteiger partial charge is 0.412 e. The molecule has 0 saturated carbocycles. The Morgan fingerprint density at radius 2 is 1.88 bits per heavy atom. The molecule has 0 bridgehead atoms. The van der Waals surface area contributed by atoms with Gasteiger partial charge >= 0.3 is 6.09 Å². The number of benzene rings is 2. The van der Waals surface area contributed by atoms with Gasteiger partial charge in [-0.1, -0.05) is 36.4 Å². The normalized spacial score (nSPS) is 15.9. The molecule has 1 amide bonds. The van der Waals surface area contributed by atoms with Crippen LogP contribution in [0.5, 0.6) is 5.75 Å². The Hall–Kier alpha value is -2.53. The summed E-state index contributed by atoms with van der Waals surface area (Å²) in [5, 5.41) is 6.30. The first-order chi connectivity index (χ1) is 12.7. The molecule has 1 heterocycles. The van der Waals surface area contributed by atoms with Crippen molar-refractivity contribution in [1.29, 1.82) is 0 Å². The molecule has 0 spiro atoms. The van der Waals surface area contributed by atoms with E-state index in [-0.39, 0.29) is 6.10 Å². The van der Waals surface area contributed by atoms with Crippen molar-refractivity contribution >= 4 is 11.8 Å². The summed E-state index contributed by atoms with van der Waals surface area (Å²) in [6.45, 7) is 3.85. The molecular formula is C21H26N2O3. The Bertz CT molecular complexity index is 727. The molecule has 0 radical (unpaired) electrons. The van der Waals surface area contributed by atoms with Crippen molar-refractivity contribution in [3.8, 4) is 5.75 Å². The maximum Gasteiger partial charge on any atom is 0.412 e. The SMILES string of the molecule is COc1ccc(C2CCNCC2)c(NC(=O)O[C@H](C)c2ccccc2)c1. The third kappa shape index (κ3) is 4.55. The van der Waals surface area contributed by atoms with Crippen molar-refractivity contribution in [1.82, 2.24) is 5.32 Å². The first kappa shape index (κ1) is 18.3. The molecule has 0 aromatic heterocycles. The van der Waals surface area contributed by atoms with E-state index in [4.69, 9.17) is 9.47 Å². The lowest BCUT2D eigenvalue weighted by atomic mass is 9.89. The Morgan fingerprint density at radius 1 is 1.15 bits per heavy atom. The molecule has 5 heteroatoms. The minimum atomic E-state index is -0.454. The lowest BCUT2D eigenvalue weighted by molar-refractivity contribution is 0.121. The van der Waals surface area contributed by atoms with Crippen molar-refractivity contribution in [2.45, 2.75) is 31.8 Å². The quantitative estimate of drug-likeness (QED) is 0.831. The average molecular weight is 354 g/mol. The van der Waals surface area contributed by atoms with E-state index >= 15 is 0 Å². The van der Waals surface area contributed by atoms with E-state index in [0.29, 0.717) is 11.7 Å². The first-order valence-corrected chi connectivity index (χ1v) is 9.08. The van der Waals surface area contributed by atoms with Gasteiger partial charge < -0.3 is 14.8 Å². The van der Waals surface area contributed by atoms with Gasteiger partial charge in [0.2, 0.25) is 0 Å². The molecule has 26 heavy (non-hydrogen) atoms. The van der Waals surface area contributed by atoms with Crippen LogP contribution in [-0.4, -0.2) is 26.3 Å². The van der Waals surface area contributed by atoms with Crippen molar-refractivity contribution in [2.75, 3.05) is 25.5 Å². The van der Waals surface area contributed by atoms with E-state index in [1.165, 1.54) is 0 Å². The van der Waals surface area contributed by atoms with Gasteiger partial charge in [-0.2, -0.15) is 0 Å². The maximum absolute atomic E-state index is 12.4. The van der Waals surface area contributed by atoms with Crippen LogP contribution in [-0.2, 0) is 4.74 Å². The molecule has 5 nitrogen and oxygen atoms in total. The predicted octanol–water partition coefficient (Wildman–Crippen LogP) is 4.47. The second kappa shape index (κ2) is 8.72. The van der Waals surface area contributed by atoms with E-state index in [9.17, 15) is 4.79 Å². The number of carbonyl (C=O) groups excluding carboxylic acids is 1. The highest BCUT2D eigenvalue weighted by Crippen LogP contribution is 2.34. The number of ether oxygens (including phenoxy) is 2. The van der Waals surface area contributed by atoms with Crippen molar-refractivity contribution in [3.05, 3.63) is 59.7 Å². The number of nitrogens with one attached hydrogen (secondary N) is 2. The zero-order valence-electron chi connectivity index (χ0n) is 15.3. The van der Waals surface area contributed by atoms with Gasteiger partial charge in [0.25, 0.3) is 0 Å². The molecule has 2 aromatic rings. The summed E-state index contributed by atoms with van der Waals surface area (Å²) < 4.78 is 10.9. The third-order valence-corrected chi connectivity index (χ3v) is 4.83. The van der Waals surface area contributed by atoms with E-state index in [2.05, 4.69) is 10.6 Å². The fourth-order valence-electron chi connectivity index (χ4n) is 3.35. The Kier molecular flexibility index (Phi) is 6.12.